The largest absolute Gasteiger partial charge is 0.456 e. The summed E-state index contributed by atoms with van der Waals surface area (Å²) in [6.45, 7) is 2.23. The highest BCUT2D eigenvalue weighted by Crippen LogP contribution is 2.30. The maximum atomic E-state index is 5.97. The van der Waals surface area contributed by atoms with Gasteiger partial charge in [0.15, 0.2) is 0 Å². The van der Waals surface area contributed by atoms with E-state index in [0.717, 1.165) is 17.8 Å². The van der Waals surface area contributed by atoms with E-state index in [1.807, 2.05) is 18.2 Å². The lowest BCUT2D eigenvalue weighted by molar-refractivity contribution is 0.630. The van der Waals surface area contributed by atoms with E-state index in [1.165, 1.54) is 29.4 Å². The van der Waals surface area contributed by atoms with Crippen LogP contribution in [0.15, 0.2) is 59.0 Å². The van der Waals surface area contributed by atoms with E-state index < -0.39 is 0 Å². The van der Waals surface area contributed by atoms with Crippen LogP contribution < -0.4 is 0 Å². The Kier molecular flexibility index (Phi) is 3.37. The van der Waals surface area contributed by atoms with Gasteiger partial charge in [-0.15, -0.1) is 0 Å². The molecule has 0 spiro atoms. The summed E-state index contributed by atoms with van der Waals surface area (Å²) >= 11 is 0. The second-order valence-electron chi connectivity index (χ2n) is 4.91. The zero-order chi connectivity index (χ0) is 13.1. The summed E-state index contributed by atoms with van der Waals surface area (Å²) in [6.07, 6.45) is 3.55. The maximum Gasteiger partial charge on any atom is 0.135 e. The number of hydrogen-bond donors (Lipinski definition) is 0. The molecular weight excluding hydrogens is 232 g/mol. The summed E-state index contributed by atoms with van der Waals surface area (Å²) in [5.41, 5.74) is 3.57. The molecule has 0 unspecified atom stereocenters. The second kappa shape index (κ2) is 5.31. The van der Waals surface area contributed by atoms with Crippen LogP contribution in [0.1, 0.15) is 25.3 Å². The molecule has 0 N–H and O–H groups in total. The Bertz CT molecular complexity index is 646. The van der Waals surface area contributed by atoms with Crippen molar-refractivity contribution in [1.29, 1.82) is 0 Å². The molecule has 0 aliphatic heterocycles. The van der Waals surface area contributed by atoms with Crippen LogP contribution in [0.5, 0.6) is 0 Å². The molecule has 1 nitrogen and oxygen atoms in total. The number of furan rings is 1. The third-order valence-electron chi connectivity index (χ3n) is 3.51. The molecule has 3 rings (SSSR count). The molecule has 1 heterocycles. The van der Waals surface area contributed by atoms with Crippen LogP contribution in [-0.4, -0.2) is 0 Å². The van der Waals surface area contributed by atoms with Crippen molar-refractivity contribution in [3.05, 3.63) is 60.2 Å². The Morgan fingerprint density at radius 3 is 2.58 bits per heavy atom. The third-order valence-corrected chi connectivity index (χ3v) is 3.51. The van der Waals surface area contributed by atoms with E-state index in [9.17, 15) is 0 Å². The van der Waals surface area contributed by atoms with Crippen molar-refractivity contribution in [2.24, 2.45) is 0 Å². The fourth-order valence-corrected chi connectivity index (χ4v) is 2.46. The number of fused-ring (bicyclic) bond motifs is 1. The maximum absolute atomic E-state index is 5.97. The van der Waals surface area contributed by atoms with Crippen LogP contribution >= 0.6 is 0 Å². The highest BCUT2D eigenvalue weighted by atomic mass is 16.3. The van der Waals surface area contributed by atoms with Gasteiger partial charge in [-0.1, -0.05) is 55.8 Å². The molecule has 0 radical (unpaired) electrons. The Hall–Kier alpha value is -2.02. The van der Waals surface area contributed by atoms with Crippen LogP contribution in [0.2, 0.25) is 0 Å². The summed E-state index contributed by atoms with van der Waals surface area (Å²) in [5.74, 6) is 0.980. The smallest absolute Gasteiger partial charge is 0.135 e. The standard InChI is InChI=1S/C18H18O/c1-2-3-8-14-9-4-6-11-16(14)18-13-15-10-5-7-12-17(15)19-18/h4-7,9-13H,2-3,8H2,1H3. The quantitative estimate of drug-likeness (QED) is 0.600. The van der Waals surface area contributed by atoms with Gasteiger partial charge in [-0.2, -0.15) is 0 Å². The molecule has 0 aliphatic rings. The Morgan fingerprint density at radius 1 is 0.947 bits per heavy atom. The molecule has 1 aromatic heterocycles. The van der Waals surface area contributed by atoms with Crippen LogP contribution in [-0.2, 0) is 6.42 Å². The SMILES string of the molecule is CCCCc1ccccc1-c1cc2ccccc2o1. The van der Waals surface area contributed by atoms with Crippen LogP contribution in [0, 0.1) is 0 Å². The van der Waals surface area contributed by atoms with E-state index in [1.54, 1.807) is 0 Å². The molecule has 2 aromatic carbocycles. The van der Waals surface area contributed by atoms with Gasteiger partial charge in [0, 0.05) is 10.9 Å². The number of rotatable bonds is 4. The minimum Gasteiger partial charge on any atom is -0.456 e. The van der Waals surface area contributed by atoms with E-state index in [2.05, 4.69) is 43.3 Å². The monoisotopic (exact) mass is 250 g/mol. The molecule has 0 amide bonds. The van der Waals surface area contributed by atoms with Gasteiger partial charge in [-0.3, -0.25) is 0 Å². The van der Waals surface area contributed by atoms with Gasteiger partial charge in [0.05, 0.1) is 0 Å². The van der Waals surface area contributed by atoms with Crippen LogP contribution in [0.4, 0.5) is 0 Å². The number of aryl methyl sites for hydroxylation is 1. The molecule has 0 aliphatic carbocycles. The fourth-order valence-electron chi connectivity index (χ4n) is 2.46. The first-order valence-corrected chi connectivity index (χ1v) is 6.95. The van der Waals surface area contributed by atoms with Crippen molar-refractivity contribution in [2.75, 3.05) is 0 Å². The minimum absolute atomic E-state index is 0.961. The predicted octanol–water partition coefficient (Wildman–Crippen LogP) is 5.44. The summed E-state index contributed by atoms with van der Waals surface area (Å²) in [7, 11) is 0. The molecule has 3 aromatic rings. The normalized spacial score (nSPS) is 11.0. The molecule has 0 fully saturated rings. The minimum atomic E-state index is 0.961. The molecular formula is C18H18O. The molecule has 0 saturated carbocycles. The van der Waals surface area contributed by atoms with Crippen molar-refractivity contribution in [1.82, 2.24) is 0 Å². The Labute approximate surface area is 113 Å². The summed E-state index contributed by atoms with van der Waals surface area (Å²) in [6, 6.07) is 18.9. The van der Waals surface area contributed by atoms with Gasteiger partial charge >= 0.3 is 0 Å². The van der Waals surface area contributed by atoms with E-state index in [4.69, 9.17) is 4.42 Å². The van der Waals surface area contributed by atoms with Crippen molar-refractivity contribution >= 4 is 11.0 Å². The van der Waals surface area contributed by atoms with Gasteiger partial charge in [-0.25, -0.2) is 0 Å². The van der Waals surface area contributed by atoms with Crippen LogP contribution in [0.25, 0.3) is 22.3 Å². The molecule has 0 saturated heterocycles. The third kappa shape index (κ3) is 2.41. The predicted molar refractivity (Wildman–Crippen MR) is 80.3 cm³/mol. The average Bonchev–Trinajstić information content (AvgIpc) is 2.89. The van der Waals surface area contributed by atoms with Crippen molar-refractivity contribution in [2.45, 2.75) is 26.2 Å². The highest BCUT2D eigenvalue weighted by molar-refractivity contribution is 5.83. The lowest BCUT2D eigenvalue weighted by Gasteiger charge is -2.06. The number of para-hydroxylation sites is 1. The lowest BCUT2D eigenvalue weighted by Crippen LogP contribution is -1.88. The van der Waals surface area contributed by atoms with Crippen LogP contribution in [0.3, 0.4) is 0 Å². The van der Waals surface area contributed by atoms with Gasteiger partial charge in [-0.05, 0) is 30.5 Å². The van der Waals surface area contributed by atoms with Gasteiger partial charge in [0.1, 0.15) is 11.3 Å². The zero-order valence-corrected chi connectivity index (χ0v) is 11.2. The summed E-state index contributed by atoms with van der Waals surface area (Å²) in [5, 5.41) is 1.17. The van der Waals surface area contributed by atoms with Gasteiger partial charge in [0.2, 0.25) is 0 Å². The summed E-state index contributed by atoms with van der Waals surface area (Å²) < 4.78 is 5.97. The fraction of sp³-hybridized carbons (Fsp3) is 0.222. The zero-order valence-electron chi connectivity index (χ0n) is 11.2. The van der Waals surface area contributed by atoms with E-state index in [-0.39, 0.29) is 0 Å². The first kappa shape index (κ1) is 12.0. The number of benzene rings is 2. The highest BCUT2D eigenvalue weighted by Gasteiger charge is 2.09. The molecule has 19 heavy (non-hydrogen) atoms. The van der Waals surface area contributed by atoms with Crippen molar-refractivity contribution in [3.8, 4) is 11.3 Å². The summed E-state index contributed by atoms with van der Waals surface area (Å²) in [4.78, 5) is 0. The number of unbranched alkanes of at least 4 members (excludes halogenated alkanes) is 1. The average molecular weight is 250 g/mol. The van der Waals surface area contributed by atoms with Gasteiger partial charge < -0.3 is 4.42 Å². The van der Waals surface area contributed by atoms with Crippen molar-refractivity contribution in [3.63, 3.8) is 0 Å². The molecule has 0 bridgehead atoms. The molecule has 0 atom stereocenters. The van der Waals surface area contributed by atoms with Crippen molar-refractivity contribution < 1.29 is 4.42 Å². The first-order chi connectivity index (χ1) is 9.38. The first-order valence-electron chi connectivity index (χ1n) is 6.95. The van der Waals surface area contributed by atoms with Gasteiger partial charge in [0.25, 0.3) is 0 Å². The van der Waals surface area contributed by atoms with E-state index >= 15 is 0 Å². The topological polar surface area (TPSA) is 13.1 Å². The lowest BCUT2D eigenvalue weighted by atomic mass is 10.0. The Balaban J connectivity index is 2.05. The second-order valence-corrected chi connectivity index (χ2v) is 4.91. The number of hydrogen-bond acceptors (Lipinski definition) is 1. The Morgan fingerprint density at radius 2 is 1.74 bits per heavy atom. The molecule has 96 valence electrons. The molecule has 1 heteroatoms. The van der Waals surface area contributed by atoms with E-state index in [0.29, 0.717) is 0 Å².